The van der Waals surface area contributed by atoms with Crippen molar-refractivity contribution in [3.8, 4) is 0 Å². The molecule has 0 aliphatic carbocycles. The maximum Gasteiger partial charge on any atom is 0.348 e. The first-order valence-corrected chi connectivity index (χ1v) is 6.61. The molecular formula is C11H8INO3S. The van der Waals surface area contributed by atoms with Crippen LogP contribution in [0.3, 0.4) is 0 Å². The van der Waals surface area contributed by atoms with Crippen LogP contribution in [0.25, 0.3) is 10.1 Å². The van der Waals surface area contributed by atoms with Gasteiger partial charge in [-0.3, -0.25) is 4.79 Å². The minimum atomic E-state index is -1.02. The average molecular weight is 361 g/mol. The van der Waals surface area contributed by atoms with Crippen molar-refractivity contribution in [3.63, 3.8) is 0 Å². The third-order valence-electron chi connectivity index (χ3n) is 2.15. The molecule has 1 aromatic carbocycles. The normalized spacial score (nSPS) is 10.5. The Kier molecular flexibility index (Phi) is 3.34. The van der Waals surface area contributed by atoms with Crippen molar-refractivity contribution in [2.24, 2.45) is 0 Å². The van der Waals surface area contributed by atoms with Crippen LogP contribution < -0.4 is 5.32 Å². The highest BCUT2D eigenvalue weighted by Gasteiger charge is 2.18. The van der Waals surface area contributed by atoms with Gasteiger partial charge in [0, 0.05) is 20.6 Å². The van der Waals surface area contributed by atoms with E-state index in [1.54, 1.807) is 0 Å². The minimum absolute atomic E-state index is 0.164. The first-order chi connectivity index (χ1) is 7.99. The second kappa shape index (κ2) is 4.61. The Hall–Kier alpha value is -1.15. The highest BCUT2D eigenvalue weighted by molar-refractivity contribution is 14.1. The number of carboxylic acid groups (broad SMARTS) is 1. The van der Waals surface area contributed by atoms with Gasteiger partial charge in [-0.1, -0.05) is 0 Å². The molecule has 1 aromatic heterocycles. The minimum Gasteiger partial charge on any atom is -0.477 e. The Morgan fingerprint density at radius 2 is 2.12 bits per heavy atom. The topological polar surface area (TPSA) is 66.4 Å². The molecule has 2 N–H and O–H groups in total. The Morgan fingerprint density at radius 1 is 1.41 bits per heavy atom. The van der Waals surface area contributed by atoms with Crippen molar-refractivity contribution in [3.05, 3.63) is 26.6 Å². The van der Waals surface area contributed by atoms with E-state index in [4.69, 9.17) is 5.11 Å². The molecule has 0 aliphatic rings. The van der Waals surface area contributed by atoms with Gasteiger partial charge >= 0.3 is 5.97 Å². The summed E-state index contributed by atoms with van der Waals surface area (Å²) in [6.45, 7) is 1.36. The molecule has 0 fully saturated rings. The van der Waals surface area contributed by atoms with Crippen LogP contribution in [0.2, 0.25) is 0 Å². The van der Waals surface area contributed by atoms with Gasteiger partial charge in [-0.15, -0.1) is 11.3 Å². The van der Waals surface area contributed by atoms with Crippen LogP contribution in [-0.2, 0) is 4.79 Å². The van der Waals surface area contributed by atoms with Gasteiger partial charge in [-0.05, 0) is 40.8 Å². The van der Waals surface area contributed by atoms with Gasteiger partial charge in [0.05, 0.1) is 5.69 Å². The third kappa shape index (κ3) is 2.42. The summed E-state index contributed by atoms with van der Waals surface area (Å²) >= 11 is 3.31. The zero-order valence-electron chi connectivity index (χ0n) is 8.78. The van der Waals surface area contributed by atoms with E-state index in [2.05, 4.69) is 27.9 Å². The van der Waals surface area contributed by atoms with Crippen LogP contribution in [0.4, 0.5) is 5.69 Å². The number of fused-ring (bicyclic) bond motifs is 1. The maximum atomic E-state index is 11.1. The molecule has 88 valence electrons. The number of carbonyl (C=O) groups excluding carboxylic acids is 1. The summed E-state index contributed by atoms with van der Waals surface area (Å²) in [5.74, 6) is -1.30. The Morgan fingerprint density at radius 3 is 2.71 bits per heavy atom. The summed E-state index contributed by atoms with van der Waals surface area (Å²) in [6.07, 6.45) is 0. The van der Waals surface area contributed by atoms with Gasteiger partial charge in [0.15, 0.2) is 0 Å². The molecule has 4 nitrogen and oxygen atoms in total. The molecule has 0 saturated heterocycles. The first kappa shape index (κ1) is 12.3. The monoisotopic (exact) mass is 361 g/mol. The van der Waals surface area contributed by atoms with Gasteiger partial charge in [0.1, 0.15) is 4.88 Å². The van der Waals surface area contributed by atoms with Crippen LogP contribution in [0, 0.1) is 3.57 Å². The number of carboxylic acids is 1. The van der Waals surface area contributed by atoms with Gasteiger partial charge in [0.25, 0.3) is 0 Å². The van der Waals surface area contributed by atoms with E-state index in [-0.39, 0.29) is 10.8 Å². The second-order valence-electron chi connectivity index (χ2n) is 3.43. The summed E-state index contributed by atoms with van der Waals surface area (Å²) in [4.78, 5) is 22.4. The molecule has 0 spiro atoms. The summed E-state index contributed by atoms with van der Waals surface area (Å²) in [6, 6.07) is 5.63. The molecule has 0 atom stereocenters. The fraction of sp³-hybridized carbons (Fsp3) is 0.0909. The van der Waals surface area contributed by atoms with E-state index in [0.717, 1.165) is 13.7 Å². The van der Waals surface area contributed by atoms with Gasteiger partial charge < -0.3 is 10.4 Å². The molecule has 1 amide bonds. The number of hydrogen-bond donors (Lipinski definition) is 2. The van der Waals surface area contributed by atoms with Crippen molar-refractivity contribution in [2.45, 2.75) is 6.92 Å². The number of nitrogens with one attached hydrogen (secondary N) is 1. The van der Waals surface area contributed by atoms with Crippen molar-refractivity contribution < 1.29 is 14.7 Å². The predicted molar refractivity (Wildman–Crippen MR) is 75.8 cm³/mol. The standard InChI is InChI=1S/C11H8INO3S/c1-5(14)13-9-7-4-6(12)2-3-8(7)17-10(9)11(15)16/h2-4H,1H3,(H,13,14)(H,15,16). The summed E-state index contributed by atoms with van der Waals surface area (Å²) in [5.41, 5.74) is 0.392. The Labute approximate surface area is 115 Å². The highest BCUT2D eigenvalue weighted by Crippen LogP contribution is 2.36. The fourth-order valence-corrected chi connectivity index (χ4v) is 2.99. The van der Waals surface area contributed by atoms with E-state index in [9.17, 15) is 9.59 Å². The maximum absolute atomic E-state index is 11.1. The Bertz CT molecular complexity index is 620. The number of hydrogen-bond acceptors (Lipinski definition) is 3. The van der Waals surface area contributed by atoms with E-state index < -0.39 is 5.97 Å². The number of aromatic carboxylic acids is 1. The lowest BCUT2D eigenvalue weighted by atomic mass is 10.2. The molecular weight excluding hydrogens is 353 g/mol. The van der Waals surface area contributed by atoms with E-state index >= 15 is 0 Å². The Balaban J connectivity index is 2.72. The van der Waals surface area contributed by atoms with E-state index in [0.29, 0.717) is 5.69 Å². The largest absolute Gasteiger partial charge is 0.477 e. The van der Waals surface area contributed by atoms with E-state index in [1.807, 2.05) is 18.2 Å². The average Bonchev–Trinajstić information content (AvgIpc) is 2.56. The van der Waals surface area contributed by atoms with Crippen molar-refractivity contribution in [1.29, 1.82) is 0 Å². The zero-order valence-corrected chi connectivity index (χ0v) is 11.8. The lowest BCUT2D eigenvalue weighted by molar-refractivity contribution is -0.114. The number of benzene rings is 1. The number of rotatable bonds is 2. The molecule has 0 unspecified atom stereocenters. The van der Waals surface area contributed by atoms with Crippen molar-refractivity contribution in [1.82, 2.24) is 0 Å². The van der Waals surface area contributed by atoms with Gasteiger partial charge in [0.2, 0.25) is 5.91 Å². The molecule has 1 heterocycles. The number of carbonyl (C=O) groups is 2. The zero-order chi connectivity index (χ0) is 12.6. The third-order valence-corrected chi connectivity index (χ3v) is 3.98. The van der Waals surface area contributed by atoms with Crippen molar-refractivity contribution >= 4 is 61.6 Å². The summed E-state index contributed by atoms with van der Waals surface area (Å²) < 4.78 is 1.85. The number of thiophene rings is 1. The van der Waals surface area contributed by atoms with Crippen LogP contribution >= 0.6 is 33.9 Å². The molecule has 2 rings (SSSR count). The number of halogens is 1. The number of anilines is 1. The quantitative estimate of drug-likeness (QED) is 0.808. The van der Waals surface area contributed by atoms with Crippen LogP contribution in [0.5, 0.6) is 0 Å². The summed E-state index contributed by atoms with van der Waals surface area (Å²) in [5, 5.41) is 12.5. The SMILES string of the molecule is CC(=O)Nc1c(C(=O)O)sc2ccc(I)cc12. The molecule has 0 radical (unpaired) electrons. The molecule has 0 bridgehead atoms. The van der Waals surface area contributed by atoms with E-state index in [1.165, 1.54) is 18.3 Å². The molecule has 17 heavy (non-hydrogen) atoms. The molecule has 2 aromatic rings. The van der Waals surface area contributed by atoms with Gasteiger partial charge in [-0.2, -0.15) is 0 Å². The molecule has 0 saturated carbocycles. The van der Waals surface area contributed by atoms with Crippen molar-refractivity contribution in [2.75, 3.05) is 5.32 Å². The highest BCUT2D eigenvalue weighted by atomic mass is 127. The second-order valence-corrected chi connectivity index (χ2v) is 5.73. The van der Waals surface area contributed by atoms with Crippen LogP contribution in [0.15, 0.2) is 18.2 Å². The van der Waals surface area contributed by atoms with Crippen LogP contribution in [0.1, 0.15) is 16.6 Å². The molecule has 6 heteroatoms. The summed E-state index contributed by atoms with van der Waals surface area (Å²) in [7, 11) is 0. The lowest BCUT2D eigenvalue weighted by Gasteiger charge is -2.02. The number of amides is 1. The van der Waals surface area contributed by atoms with Crippen LogP contribution in [-0.4, -0.2) is 17.0 Å². The smallest absolute Gasteiger partial charge is 0.348 e. The lowest BCUT2D eigenvalue weighted by Crippen LogP contribution is -2.08. The fourth-order valence-electron chi connectivity index (χ4n) is 1.52. The first-order valence-electron chi connectivity index (χ1n) is 4.72. The van der Waals surface area contributed by atoms with Gasteiger partial charge in [-0.25, -0.2) is 4.79 Å². The predicted octanol–water partition coefficient (Wildman–Crippen LogP) is 3.16. The molecule has 0 aliphatic heterocycles.